The van der Waals surface area contributed by atoms with Crippen molar-refractivity contribution in [3.05, 3.63) is 59.7 Å². The summed E-state index contributed by atoms with van der Waals surface area (Å²) >= 11 is 1.82. The number of fused-ring (bicyclic) bond motifs is 1. The molecule has 5 nitrogen and oxygen atoms in total. The van der Waals surface area contributed by atoms with Crippen molar-refractivity contribution in [3.8, 4) is 0 Å². The fourth-order valence-corrected chi connectivity index (χ4v) is 3.88. The summed E-state index contributed by atoms with van der Waals surface area (Å²) in [6.45, 7) is 2.04. The molecule has 0 spiro atoms. The van der Waals surface area contributed by atoms with Crippen LogP contribution in [0.15, 0.2) is 53.4 Å². The molecule has 1 aliphatic heterocycles. The summed E-state index contributed by atoms with van der Waals surface area (Å²) in [5.74, 6) is 0.825. The van der Waals surface area contributed by atoms with Crippen LogP contribution in [0.4, 0.5) is 10.5 Å². The van der Waals surface area contributed by atoms with Crippen molar-refractivity contribution < 1.29 is 14.3 Å². The average molecular weight is 356 g/mol. The molecule has 130 valence electrons. The minimum Gasteiger partial charge on any atom is -0.450 e. The first kappa shape index (κ1) is 17.4. The van der Waals surface area contributed by atoms with Crippen LogP contribution in [0, 0.1) is 0 Å². The molecule has 0 fully saturated rings. The van der Waals surface area contributed by atoms with Crippen LogP contribution in [0.3, 0.4) is 0 Å². The second kappa shape index (κ2) is 8.07. The largest absolute Gasteiger partial charge is 0.450 e. The van der Waals surface area contributed by atoms with E-state index in [1.807, 2.05) is 23.9 Å². The molecule has 25 heavy (non-hydrogen) atoms. The summed E-state index contributed by atoms with van der Waals surface area (Å²) in [6.07, 6.45) is 0.368. The predicted molar refractivity (Wildman–Crippen MR) is 99.1 cm³/mol. The Bertz CT molecular complexity index is 779. The van der Waals surface area contributed by atoms with E-state index in [-0.39, 0.29) is 11.9 Å². The van der Waals surface area contributed by atoms with Crippen molar-refractivity contribution in [1.82, 2.24) is 5.32 Å². The Morgan fingerprint density at radius 2 is 2.04 bits per heavy atom. The van der Waals surface area contributed by atoms with Crippen LogP contribution in [0.2, 0.25) is 0 Å². The highest BCUT2D eigenvalue weighted by molar-refractivity contribution is 7.99. The molecule has 1 unspecified atom stereocenters. The van der Waals surface area contributed by atoms with Gasteiger partial charge in [0.2, 0.25) is 0 Å². The summed E-state index contributed by atoms with van der Waals surface area (Å²) in [5, 5.41) is 5.71. The van der Waals surface area contributed by atoms with Gasteiger partial charge in [0, 0.05) is 21.9 Å². The molecule has 0 saturated heterocycles. The van der Waals surface area contributed by atoms with E-state index < -0.39 is 6.09 Å². The molecular formula is C19H20N2O3S. The molecule has 2 N–H and O–H groups in total. The second-order valence-electron chi connectivity index (χ2n) is 5.63. The minimum atomic E-state index is -0.529. The molecule has 0 radical (unpaired) electrons. The van der Waals surface area contributed by atoms with E-state index in [0.717, 1.165) is 17.7 Å². The monoisotopic (exact) mass is 356 g/mol. The van der Waals surface area contributed by atoms with Gasteiger partial charge in [0.25, 0.3) is 5.91 Å². The third-order valence-corrected chi connectivity index (χ3v) is 5.03. The molecular weight excluding hydrogens is 336 g/mol. The number of benzene rings is 2. The predicted octanol–water partition coefficient (Wildman–Crippen LogP) is 4.22. The van der Waals surface area contributed by atoms with Gasteiger partial charge in [-0.1, -0.05) is 24.3 Å². The number of carbonyl (C=O) groups is 2. The van der Waals surface area contributed by atoms with E-state index in [0.29, 0.717) is 17.9 Å². The Hall–Kier alpha value is -2.47. The lowest BCUT2D eigenvalue weighted by atomic mass is 10.0. The van der Waals surface area contributed by atoms with Crippen LogP contribution in [-0.2, 0) is 4.74 Å². The first-order valence-corrected chi connectivity index (χ1v) is 9.22. The second-order valence-corrected chi connectivity index (χ2v) is 6.76. The Kier molecular flexibility index (Phi) is 5.60. The van der Waals surface area contributed by atoms with Crippen molar-refractivity contribution in [2.24, 2.45) is 0 Å². The number of hydrogen-bond donors (Lipinski definition) is 2. The molecule has 0 aromatic heterocycles. The maximum atomic E-state index is 12.6. The van der Waals surface area contributed by atoms with Gasteiger partial charge in [0.15, 0.2) is 0 Å². The Morgan fingerprint density at radius 1 is 1.20 bits per heavy atom. The van der Waals surface area contributed by atoms with Gasteiger partial charge >= 0.3 is 6.09 Å². The Balaban J connectivity index is 1.71. The topological polar surface area (TPSA) is 67.4 Å². The third-order valence-electron chi connectivity index (χ3n) is 3.91. The van der Waals surface area contributed by atoms with Crippen LogP contribution < -0.4 is 10.6 Å². The first-order valence-electron chi connectivity index (χ1n) is 8.24. The molecule has 1 aliphatic rings. The lowest BCUT2D eigenvalue weighted by Crippen LogP contribution is -2.30. The summed E-state index contributed by atoms with van der Waals surface area (Å²) in [6, 6.07) is 15.0. The first-order chi connectivity index (χ1) is 12.2. The van der Waals surface area contributed by atoms with E-state index >= 15 is 0 Å². The zero-order valence-electron chi connectivity index (χ0n) is 14.0. The fraction of sp³-hybridized carbons (Fsp3) is 0.263. The summed E-state index contributed by atoms with van der Waals surface area (Å²) in [5.41, 5.74) is 2.20. The maximum Gasteiger partial charge on any atom is 0.411 e. The van der Waals surface area contributed by atoms with Gasteiger partial charge in [-0.3, -0.25) is 10.1 Å². The fourth-order valence-electron chi connectivity index (χ4n) is 2.76. The quantitative estimate of drug-likeness (QED) is 0.861. The average Bonchev–Trinajstić information content (AvgIpc) is 2.62. The molecule has 0 saturated carbocycles. The smallest absolute Gasteiger partial charge is 0.411 e. The number of carbonyl (C=O) groups excluding carboxylic acids is 2. The van der Waals surface area contributed by atoms with Gasteiger partial charge in [0.1, 0.15) is 0 Å². The number of hydrogen-bond acceptors (Lipinski definition) is 4. The Morgan fingerprint density at radius 3 is 2.88 bits per heavy atom. The highest BCUT2D eigenvalue weighted by Gasteiger charge is 2.22. The number of nitrogens with one attached hydrogen (secondary N) is 2. The van der Waals surface area contributed by atoms with Crippen LogP contribution in [0.25, 0.3) is 0 Å². The van der Waals surface area contributed by atoms with Gasteiger partial charge < -0.3 is 10.1 Å². The van der Waals surface area contributed by atoms with Gasteiger partial charge in [-0.15, -0.1) is 11.8 Å². The van der Waals surface area contributed by atoms with E-state index in [1.165, 1.54) is 4.90 Å². The lowest BCUT2D eigenvalue weighted by Gasteiger charge is -2.26. The number of rotatable bonds is 4. The lowest BCUT2D eigenvalue weighted by molar-refractivity contribution is 0.0935. The van der Waals surface area contributed by atoms with Crippen molar-refractivity contribution in [1.29, 1.82) is 0 Å². The molecule has 1 atom stereocenters. The zero-order chi connectivity index (χ0) is 17.6. The summed E-state index contributed by atoms with van der Waals surface area (Å²) < 4.78 is 4.85. The Labute approximate surface area is 151 Å². The molecule has 2 amide bonds. The van der Waals surface area contributed by atoms with Crippen molar-refractivity contribution in [3.63, 3.8) is 0 Å². The van der Waals surface area contributed by atoms with Gasteiger partial charge in [0.05, 0.1) is 12.6 Å². The number of anilines is 1. The molecule has 3 rings (SSSR count). The molecule has 0 bridgehead atoms. The maximum absolute atomic E-state index is 12.6. The normalized spacial score (nSPS) is 15.8. The molecule has 1 heterocycles. The molecule has 2 aromatic carbocycles. The van der Waals surface area contributed by atoms with E-state index in [4.69, 9.17) is 4.74 Å². The van der Waals surface area contributed by atoms with E-state index in [9.17, 15) is 9.59 Å². The third kappa shape index (κ3) is 4.33. The van der Waals surface area contributed by atoms with Crippen molar-refractivity contribution in [2.75, 3.05) is 17.7 Å². The SMILES string of the molecule is CCOC(=O)Nc1cccc(C(=O)NC2CCSc3ccccc32)c1. The summed E-state index contributed by atoms with van der Waals surface area (Å²) in [4.78, 5) is 25.4. The van der Waals surface area contributed by atoms with Crippen LogP contribution in [0.5, 0.6) is 0 Å². The molecule has 6 heteroatoms. The van der Waals surface area contributed by atoms with Crippen LogP contribution in [0.1, 0.15) is 35.3 Å². The number of amides is 2. The van der Waals surface area contributed by atoms with Gasteiger partial charge in [-0.05, 0) is 43.2 Å². The van der Waals surface area contributed by atoms with E-state index in [2.05, 4.69) is 22.8 Å². The number of ether oxygens (including phenoxy) is 1. The number of thioether (sulfide) groups is 1. The van der Waals surface area contributed by atoms with Crippen molar-refractivity contribution >= 4 is 29.4 Å². The van der Waals surface area contributed by atoms with Gasteiger partial charge in [-0.25, -0.2) is 4.79 Å². The minimum absolute atomic E-state index is 0.00613. The van der Waals surface area contributed by atoms with Crippen molar-refractivity contribution in [2.45, 2.75) is 24.3 Å². The summed E-state index contributed by atoms with van der Waals surface area (Å²) in [7, 11) is 0. The molecule has 0 aliphatic carbocycles. The highest BCUT2D eigenvalue weighted by atomic mass is 32.2. The van der Waals surface area contributed by atoms with Gasteiger partial charge in [-0.2, -0.15) is 0 Å². The standard InChI is InChI=1S/C19H20N2O3S/c1-2-24-19(23)20-14-7-5-6-13(12-14)18(22)21-16-10-11-25-17-9-4-3-8-15(16)17/h3-9,12,16H,2,10-11H2,1H3,(H,20,23)(H,21,22). The van der Waals surface area contributed by atoms with Crippen LogP contribution >= 0.6 is 11.8 Å². The zero-order valence-corrected chi connectivity index (χ0v) is 14.8. The highest BCUT2D eigenvalue weighted by Crippen LogP contribution is 2.35. The molecule has 2 aromatic rings. The van der Waals surface area contributed by atoms with Crippen LogP contribution in [-0.4, -0.2) is 24.4 Å². The van der Waals surface area contributed by atoms with E-state index in [1.54, 1.807) is 31.2 Å².